The Kier molecular flexibility index (Phi) is 3.66. The van der Waals surface area contributed by atoms with Gasteiger partial charge in [-0.25, -0.2) is 0 Å². The van der Waals surface area contributed by atoms with Crippen molar-refractivity contribution < 1.29 is 0 Å². The van der Waals surface area contributed by atoms with E-state index in [1.807, 2.05) is 0 Å². The van der Waals surface area contributed by atoms with Crippen molar-refractivity contribution in [3.05, 3.63) is 34.4 Å². The maximum Gasteiger partial charge on any atom is 0.0208 e. The average Bonchev–Trinajstić information content (AvgIpc) is 2.97. The third-order valence-electron chi connectivity index (χ3n) is 5.56. The molecule has 0 aromatic heterocycles. The van der Waals surface area contributed by atoms with Crippen molar-refractivity contribution in [1.82, 2.24) is 5.32 Å². The van der Waals surface area contributed by atoms with Crippen molar-refractivity contribution in [2.24, 2.45) is 17.8 Å². The molecule has 2 fully saturated rings. The minimum absolute atomic E-state index is 0.964. The van der Waals surface area contributed by atoms with Crippen LogP contribution in [0, 0.1) is 38.5 Å². The lowest BCUT2D eigenvalue weighted by molar-refractivity contribution is 0.318. The summed E-state index contributed by atoms with van der Waals surface area (Å²) in [5.41, 5.74) is 5.74. The summed E-state index contributed by atoms with van der Waals surface area (Å²) < 4.78 is 0. The molecule has 1 nitrogen and oxygen atoms in total. The molecule has 0 aliphatic heterocycles. The molecule has 2 bridgehead atoms. The lowest BCUT2D eigenvalue weighted by Gasteiger charge is -2.22. The van der Waals surface area contributed by atoms with Crippen molar-refractivity contribution >= 4 is 0 Å². The van der Waals surface area contributed by atoms with Gasteiger partial charge in [-0.1, -0.05) is 18.6 Å². The molecule has 3 rings (SSSR count). The Labute approximate surface area is 117 Å². The summed E-state index contributed by atoms with van der Waals surface area (Å²) in [6, 6.07) is 4.68. The lowest BCUT2D eigenvalue weighted by Crippen LogP contribution is -2.26. The van der Waals surface area contributed by atoms with Crippen LogP contribution >= 0.6 is 0 Å². The third-order valence-corrected chi connectivity index (χ3v) is 5.56. The Morgan fingerprint density at radius 1 is 1.00 bits per heavy atom. The van der Waals surface area contributed by atoms with Gasteiger partial charge in [0.15, 0.2) is 0 Å². The first-order valence-corrected chi connectivity index (χ1v) is 7.91. The van der Waals surface area contributed by atoms with Gasteiger partial charge in [0.05, 0.1) is 0 Å². The van der Waals surface area contributed by atoms with Crippen molar-refractivity contribution in [3.63, 3.8) is 0 Å². The predicted octanol–water partition coefficient (Wildman–Crippen LogP) is 4.14. The largest absolute Gasteiger partial charge is 0.312 e. The number of aryl methyl sites for hydroxylation is 3. The monoisotopic (exact) mass is 257 g/mol. The van der Waals surface area contributed by atoms with E-state index < -0.39 is 0 Å². The van der Waals surface area contributed by atoms with Crippen LogP contribution in [0.5, 0.6) is 0 Å². The topological polar surface area (TPSA) is 12.0 Å². The standard InChI is InChI=1S/C18H27N/c1-12-6-14(3)17(7-13(12)2)10-19-11-18-9-15-4-5-16(18)8-15/h6-7,15-16,18-19H,4-5,8-11H2,1-3H3. The molecule has 2 aliphatic carbocycles. The van der Waals surface area contributed by atoms with E-state index in [4.69, 9.17) is 0 Å². The molecule has 0 heterocycles. The summed E-state index contributed by atoms with van der Waals surface area (Å²) in [5, 5.41) is 3.72. The van der Waals surface area contributed by atoms with Crippen molar-refractivity contribution in [2.45, 2.75) is 53.0 Å². The van der Waals surface area contributed by atoms with Crippen molar-refractivity contribution in [1.29, 1.82) is 0 Å². The van der Waals surface area contributed by atoms with Crippen LogP contribution in [-0.2, 0) is 6.54 Å². The van der Waals surface area contributed by atoms with Crippen LogP contribution in [0.1, 0.15) is 47.9 Å². The molecule has 0 saturated heterocycles. The lowest BCUT2D eigenvalue weighted by atomic mass is 9.89. The average molecular weight is 257 g/mol. The molecule has 0 spiro atoms. The van der Waals surface area contributed by atoms with E-state index in [0.717, 1.165) is 24.3 Å². The van der Waals surface area contributed by atoms with E-state index in [1.54, 1.807) is 0 Å². The zero-order valence-corrected chi connectivity index (χ0v) is 12.6. The van der Waals surface area contributed by atoms with Gasteiger partial charge in [0.2, 0.25) is 0 Å². The van der Waals surface area contributed by atoms with Gasteiger partial charge in [0.25, 0.3) is 0 Å². The highest BCUT2D eigenvalue weighted by Gasteiger charge is 2.38. The maximum absolute atomic E-state index is 3.72. The number of rotatable bonds is 4. The van der Waals surface area contributed by atoms with E-state index in [9.17, 15) is 0 Å². The fourth-order valence-electron chi connectivity index (χ4n) is 4.23. The minimum atomic E-state index is 0.964. The second-order valence-electron chi connectivity index (χ2n) is 6.93. The Hall–Kier alpha value is -0.820. The summed E-state index contributed by atoms with van der Waals surface area (Å²) in [4.78, 5) is 0. The molecule has 104 valence electrons. The fourth-order valence-corrected chi connectivity index (χ4v) is 4.23. The number of hydrogen-bond donors (Lipinski definition) is 1. The van der Waals surface area contributed by atoms with Gasteiger partial charge < -0.3 is 5.32 Å². The molecule has 3 atom stereocenters. The number of hydrogen-bond acceptors (Lipinski definition) is 1. The van der Waals surface area contributed by atoms with Crippen LogP contribution < -0.4 is 5.32 Å². The number of benzene rings is 1. The maximum atomic E-state index is 3.72. The van der Waals surface area contributed by atoms with Gasteiger partial charge in [0.1, 0.15) is 0 Å². The van der Waals surface area contributed by atoms with Crippen LogP contribution in [0.4, 0.5) is 0 Å². The second-order valence-corrected chi connectivity index (χ2v) is 6.93. The molecule has 3 unspecified atom stereocenters. The molecular formula is C18H27N. The molecule has 2 saturated carbocycles. The van der Waals surface area contributed by atoms with Gasteiger partial charge in [0, 0.05) is 6.54 Å². The minimum Gasteiger partial charge on any atom is -0.312 e. The van der Waals surface area contributed by atoms with E-state index in [2.05, 4.69) is 38.2 Å². The zero-order valence-electron chi connectivity index (χ0n) is 12.6. The van der Waals surface area contributed by atoms with Crippen molar-refractivity contribution in [3.8, 4) is 0 Å². The SMILES string of the molecule is Cc1cc(C)c(CNCC2CC3CCC2C3)cc1C. The molecule has 2 aliphatic rings. The van der Waals surface area contributed by atoms with Crippen LogP contribution in [0.2, 0.25) is 0 Å². The highest BCUT2D eigenvalue weighted by molar-refractivity contribution is 5.36. The van der Waals surface area contributed by atoms with E-state index in [0.29, 0.717) is 0 Å². The normalized spacial score (nSPS) is 29.1. The van der Waals surface area contributed by atoms with Gasteiger partial charge in [-0.05, 0) is 86.6 Å². The molecule has 0 radical (unpaired) electrons. The quantitative estimate of drug-likeness (QED) is 0.855. The Bertz CT molecular complexity index is 463. The summed E-state index contributed by atoms with van der Waals surface area (Å²) in [6.45, 7) is 8.93. The summed E-state index contributed by atoms with van der Waals surface area (Å²) >= 11 is 0. The number of nitrogens with one attached hydrogen (secondary N) is 1. The molecule has 1 aromatic rings. The molecular weight excluding hydrogens is 230 g/mol. The van der Waals surface area contributed by atoms with Crippen LogP contribution in [0.3, 0.4) is 0 Å². The first-order valence-electron chi connectivity index (χ1n) is 7.91. The Morgan fingerprint density at radius 2 is 1.79 bits per heavy atom. The van der Waals surface area contributed by atoms with Gasteiger partial charge >= 0.3 is 0 Å². The van der Waals surface area contributed by atoms with Gasteiger partial charge in [-0.15, -0.1) is 0 Å². The molecule has 19 heavy (non-hydrogen) atoms. The van der Waals surface area contributed by atoms with Gasteiger partial charge in [-0.3, -0.25) is 0 Å². The molecule has 1 N–H and O–H groups in total. The van der Waals surface area contributed by atoms with Crippen LogP contribution in [-0.4, -0.2) is 6.54 Å². The van der Waals surface area contributed by atoms with Crippen LogP contribution in [0.15, 0.2) is 12.1 Å². The van der Waals surface area contributed by atoms with E-state index in [-0.39, 0.29) is 0 Å². The highest BCUT2D eigenvalue weighted by Crippen LogP contribution is 2.47. The van der Waals surface area contributed by atoms with E-state index in [1.165, 1.54) is 54.5 Å². The molecule has 1 aromatic carbocycles. The highest BCUT2D eigenvalue weighted by atomic mass is 14.9. The molecule has 1 heteroatoms. The summed E-state index contributed by atoms with van der Waals surface area (Å²) in [6.07, 6.45) is 6.02. The van der Waals surface area contributed by atoms with Crippen LogP contribution in [0.25, 0.3) is 0 Å². The summed E-state index contributed by atoms with van der Waals surface area (Å²) in [5.74, 6) is 3.07. The Balaban J connectivity index is 1.54. The Morgan fingerprint density at radius 3 is 2.47 bits per heavy atom. The predicted molar refractivity (Wildman–Crippen MR) is 81.3 cm³/mol. The second kappa shape index (κ2) is 5.28. The van der Waals surface area contributed by atoms with E-state index >= 15 is 0 Å². The fraction of sp³-hybridized carbons (Fsp3) is 0.667. The molecule has 0 amide bonds. The first kappa shape index (κ1) is 13.2. The third kappa shape index (κ3) is 2.72. The van der Waals surface area contributed by atoms with Crippen molar-refractivity contribution in [2.75, 3.05) is 6.54 Å². The first-order chi connectivity index (χ1) is 9.13. The number of fused-ring (bicyclic) bond motifs is 2. The van der Waals surface area contributed by atoms with Gasteiger partial charge in [-0.2, -0.15) is 0 Å². The summed E-state index contributed by atoms with van der Waals surface area (Å²) in [7, 11) is 0. The smallest absolute Gasteiger partial charge is 0.0208 e. The zero-order chi connectivity index (χ0) is 13.4.